The molecular weight excluding hydrogens is 264 g/mol. The molecule has 0 aliphatic rings. The van der Waals surface area contributed by atoms with Gasteiger partial charge in [0.15, 0.2) is 11.5 Å². The van der Waals surface area contributed by atoms with Gasteiger partial charge in [-0.1, -0.05) is 11.6 Å². The monoisotopic (exact) mass is 282 g/mol. The summed E-state index contributed by atoms with van der Waals surface area (Å²) in [6.07, 6.45) is 2.90. The lowest BCUT2D eigenvalue weighted by atomic mass is 10.1. The Kier molecular flexibility index (Phi) is 7.09. The fourth-order valence-corrected chi connectivity index (χ4v) is 1.99. The third-order valence-corrected chi connectivity index (χ3v) is 2.88. The number of hydrogen-bond acceptors (Lipinski definition) is 4. The van der Waals surface area contributed by atoms with Gasteiger partial charge in [-0.05, 0) is 31.9 Å². The third-order valence-electron chi connectivity index (χ3n) is 2.66. The molecular formula is C14H19ClN2O2. The number of hydrogen-bond donors (Lipinski definition) is 1. The number of nitrogens with zero attached hydrogens (tertiary/aromatic N) is 1. The standard InChI is InChI=1S/C14H19ClN2O2/c1-18-13-10-12(15)9-11(5-7-17)14(13)19-8-4-2-3-6-16/h9-10H,2-5,7-8,17H2,1H3. The third kappa shape index (κ3) is 4.98. The normalized spacial score (nSPS) is 10.0. The minimum absolute atomic E-state index is 0.522. The molecule has 4 nitrogen and oxygen atoms in total. The van der Waals surface area contributed by atoms with Crippen molar-refractivity contribution in [2.24, 2.45) is 5.73 Å². The van der Waals surface area contributed by atoms with E-state index in [0.29, 0.717) is 42.5 Å². The van der Waals surface area contributed by atoms with Crippen LogP contribution < -0.4 is 15.2 Å². The maximum Gasteiger partial charge on any atom is 0.164 e. The first-order valence-corrected chi connectivity index (χ1v) is 6.67. The number of benzene rings is 1. The summed E-state index contributed by atoms with van der Waals surface area (Å²) < 4.78 is 11.1. The highest BCUT2D eigenvalue weighted by Crippen LogP contribution is 2.35. The van der Waals surface area contributed by atoms with Gasteiger partial charge in [-0.3, -0.25) is 0 Å². The maximum absolute atomic E-state index is 8.47. The highest BCUT2D eigenvalue weighted by Gasteiger charge is 2.12. The van der Waals surface area contributed by atoms with E-state index < -0.39 is 0 Å². The Morgan fingerprint density at radius 2 is 2.16 bits per heavy atom. The lowest BCUT2D eigenvalue weighted by Crippen LogP contribution is -2.07. The van der Waals surface area contributed by atoms with Gasteiger partial charge in [-0.25, -0.2) is 0 Å². The molecule has 1 rings (SSSR count). The molecule has 5 heteroatoms. The van der Waals surface area contributed by atoms with Gasteiger partial charge in [0.05, 0.1) is 19.8 Å². The second-order valence-electron chi connectivity index (χ2n) is 4.10. The van der Waals surface area contributed by atoms with Gasteiger partial charge in [-0.2, -0.15) is 5.26 Å². The fraction of sp³-hybridized carbons (Fsp3) is 0.500. The minimum Gasteiger partial charge on any atom is -0.493 e. The Morgan fingerprint density at radius 3 is 2.79 bits per heavy atom. The number of ether oxygens (including phenoxy) is 2. The average Bonchev–Trinajstić information content (AvgIpc) is 2.40. The average molecular weight is 283 g/mol. The van der Waals surface area contributed by atoms with Crippen LogP contribution >= 0.6 is 11.6 Å². The van der Waals surface area contributed by atoms with E-state index in [1.807, 2.05) is 6.07 Å². The number of methoxy groups -OCH3 is 1. The summed E-state index contributed by atoms with van der Waals surface area (Å²) in [5.41, 5.74) is 6.54. The zero-order valence-corrected chi connectivity index (χ0v) is 11.9. The van der Waals surface area contributed by atoms with Gasteiger partial charge < -0.3 is 15.2 Å². The first-order valence-electron chi connectivity index (χ1n) is 6.29. The molecule has 0 bridgehead atoms. The van der Waals surface area contributed by atoms with Gasteiger partial charge in [0.25, 0.3) is 0 Å². The van der Waals surface area contributed by atoms with Crippen LogP contribution in [0.15, 0.2) is 12.1 Å². The van der Waals surface area contributed by atoms with Crippen molar-refractivity contribution in [2.75, 3.05) is 20.3 Å². The van der Waals surface area contributed by atoms with E-state index in [1.165, 1.54) is 0 Å². The first-order chi connectivity index (χ1) is 9.22. The van der Waals surface area contributed by atoms with Crippen LogP contribution in [0.4, 0.5) is 0 Å². The number of halogens is 1. The molecule has 2 N–H and O–H groups in total. The van der Waals surface area contributed by atoms with E-state index in [0.717, 1.165) is 18.4 Å². The Labute approximate surface area is 119 Å². The highest BCUT2D eigenvalue weighted by molar-refractivity contribution is 6.30. The van der Waals surface area contributed by atoms with Gasteiger partial charge in [0.2, 0.25) is 0 Å². The molecule has 104 valence electrons. The first kappa shape index (κ1) is 15.6. The van der Waals surface area contributed by atoms with Crippen molar-refractivity contribution < 1.29 is 9.47 Å². The molecule has 1 aromatic carbocycles. The molecule has 0 heterocycles. The molecule has 0 aliphatic heterocycles. The smallest absolute Gasteiger partial charge is 0.164 e. The van der Waals surface area contributed by atoms with Gasteiger partial charge in [-0.15, -0.1) is 0 Å². The largest absolute Gasteiger partial charge is 0.493 e. The van der Waals surface area contributed by atoms with Crippen LogP contribution in [0.1, 0.15) is 24.8 Å². The molecule has 0 fully saturated rings. The van der Waals surface area contributed by atoms with Crippen molar-refractivity contribution in [3.05, 3.63) is 22.7 Å². The lowest BCUT2D eigenvalue weighted by molar-refractivity contribution is 0.284. The SMILES string of the molecule is COc1cc(Cl)cc(CCN)c1OCCCCC#N. The zero-order chi connectivity index (χ0) is 14.1. The molecule has 0 unspecified atom stereocenters. The van der Waals surface area contributed by atoms with E-state index in [4.69, 9.17) is 32.1 Å². The van der Waals surface area contributed by atoms with E-state index in [9.17, 15) is 0 Å². The Morgan fingerprint density at radius 1 is 1.37 bits per heavy atom. The molecule has 0 aromatic heterocycles. The lowest BCUT2D eigenvalue weighted by Gasteiger charge is -2.15. The van der Waals surface area contributed by atoms with Crippen LogP contribution in [-0.4, -0.2) is 20.3 Å². The summed E-state index contributed by atoms with van der Waals surface area (Å²) in [5.74, 6) is 1.32. The summed E-state index contributed by atoms with van der Waals surface area (Å²) >= 11 is 6.03. The summed E-state index contributed by atoms with van der Waals surface area (Å²) in [7, 11) is 1.58. The summed E-state index contributed by atoms with van der Waals surface area (Å²) in [6.45, 7) is 1.07. The van der Waals surface area contributed by atoms with Crippen LogP contribution in [0.3, 0.4) is 0 Å². The van der Waals surface area contributed by atoms with Crippen LogP contribution in [0.2, 0.25) is 5.02 Å². The van der Waals surface area contributed by atoms with E-state index >= 15 is 0 Å². The Hall–Kier alpha value is -1.44. The summed E-state index contributed by atoms with van der Waals surface area (Å²) in [5, 5.41) is 9.08. The molecule has 0 aliphatic carbocycles. The van der Waals surface area contributed by atoms with Gasteiger partial charge in [0, 0.05) is 23.1 Å². The Balaban J connectivity index is 2.75. The molecule has 0 radical (unpaired) electrons. The zero-order valence-electron chi connectivity index (χ0n) is 11.1. The van der Waals surface area contributed by atoms with Crippen molar-refractivity contribution in [1.29, 1.82) is 5.26 Å². The summed E-state index contributed by atoms with van der Waals surface area (Å²) in [6, 6.07) is 5.69. The molecule has 0 spiro atoms. The molecule has 1 aromatic rings. The van der Waals surface area contributed by atoms with Crippen molar-refractivity contribution in [3.8, 4) is 17.6 Å². The predicted octanol–water partition coefficient (Wildman–Crippen LogP) is 2.92. The topological polar surface area (TPSA) is 68.3 Å². The number of nitrogens with two attached hydrogens (primary N) is 1. The number of nitriles is 1. The Bertz CT molecular complexity index is 444. The highest BCUT2D eigenvalue weighted by atomic mass is 35.5. The second-order valence-corrected chi connectivity index (χ2v) is 4.54. The van der Waals surface area contributed by atoms with Crippen molar-refractivity contribution in [1.82, 2.24) is 0 Å². The van der Waals surface area contributed by atoms with Crippen LogP contribution in [0, 0.1) is 11.3 Å². The number of unbranched alkanes of at least 4 members (excludes halogenated alkanes) is 2. The second kappa shape index (κ2) is 8.63. The molecule has 0 saturated heterocycles. The van der Waals surface area contributed by atoms with E-state index in [1.54, 1.807) is 13.2 Å². The molecule has 0 amide bonds. The molecule has 0 atom stereocenters. The maximum atomic E-state index is 8.47. The summed E-state index contributed by atoms with van der Waals surface area (Å²) in [4.78, 5) is 0. The number of rotatable bonds is 8. The van der Waals surface area contributed by atoms with E-state index in [-0.39, 0.29) is 0 Å². The predicted molar refractivity (Wildman–Crippen MR) is 75.7 cm³/mol. The van der Waals surface area contributed by atoms with Gasteiger partial charge in [0.1, 0.15) is 0 Å². The van der Waals surface area contributed by atoms with Crippen LogP contribution in [0.25, 0.3) is 0 Å². The van der Waals surface area contributed by atoms with E-state index in [2.05, 4.69) is 6.07 Å². The van der Waals surface area contributed by atoms with Crippen molar-refractivity contribution in [2.45, 2.75) is 25.7 Å². The quantitative estimate of drug-likeness (QED) is 0.744. The van der Waals surface area contributed by atoms with Crippen molar-refractivity contribution >= 4 is 11.6 Å². The minimum atomic E-state index is 0.522. The molecule has 19 heavy (non-hydrogen) atoms. The van der Waals surface area contributed by atoms with Crippen LogP contribution in [0.5, 0.6) is 11.5 Å². The van der Waals surface area contributed by atoms with Crippen LogP contribution in [-0.2, 0) is 6.42 Å². The van der Waals surface area contributed by atoms with Gasteiger partial charge >= 0.3 is 0 Å². The van der Waals surface area contributed by atoms with Crippen molar-refractivity contribution in [3.63, 3.8) is 0 Å². The molecule has 0 saturated carbocycles. The fourth-order valence-electron chi connectivity index (χ4n) is 1.76.